The van der Waals surface area contributed by atoms with E-state index in [1.807, 2.05) is 0 Å². The first-order valence-electron chi connectivity index (χ1n) is 8.48. The average molecular weight is 346 g/mol. The average Bonchev–Trinajstić information content (AvgIpc) is 2.46. The van der Waals surface area contributed by atoms with E-state index in [9.17, 15) is 8.42 Å². The Morgan fingerprint density at radius 1 is 1.22 bits per heavy atom. The van der Waals surface area contributed by atoms with E-state index in [1.54, 1.807) is 11.2 Å². The van der Waals surface area contributed by atoms with Crippen molar-refractivity contribution in [2.24, 2.45) is 0 Å². The topological polar surface area (TPSA) is 53.1 Å². The highest BCUT2D eigenvalue weighted by atomic mass is 32.2. The molecule has 2 fully saturated rings. The molecule has 7 heteroatoms. The van der Waals surface area contributed by atoms with Crippen molar-refractivity contribution in [3.8, 4) is 0 Å². The largest absolute Gasteiger partial charge is 0.374 e. The fourth-order valence-electron chi connectivity index (χ4n) is 3.20. The second-order valence-electron chi connectivity index (χ2n) is 6.99. The first-order chi connectivity index (χ1) is 10.8. The van der Waals surface area contributed by atoms with Gasteiger partial charge in [0.15, 0.2) is 0 Å². The van der Waals surface area contributed by atoms with Crippen LogP contribution in [0.15, 0.2) is 12.2 Å². The van der Waals surface area contributed by atoms with Gasteiger partial charge in [-0.25, -0.2) is 8.42 Å². The highest BCUT2D eigenvalue weighted by Gasteiger charge is 2.29. The number of hydrogen-bond acceptors (Lipinski definition) is 5. The van der Waals surface area contributed by atoms with Crippen LogP contribution in [0.5, 0.6) is 0 Å². The van der Waals surface area contributed by atoms with Gasteiger partial charge in [-0.3, -0.25) is 9.80 Å². The normalized spacial score (nSPS) is 25.8. The third kappa shape index (κ3) is 5.53. The molecule has 0 saturated carbocycles. The van der Waals surface area contributed by atoms with E-state index in [1.165, 1.54) is 0 Å². The zero-order valence-electron chi connectivity index (χ0n) is 14.7. The maximum atomic E-state index is 12.2. The minimum atomic E-state index is -3.19. The van der Waals surface area contributed by atoms with Crippen molar-refractivity contribution in [3.05, 3.63) is 12.2 Å². The Morgan fingerprint density at radius 2 is 1.87 bits per heavy atom. The molecule has 0 aromatic rings. The molecule has 2 saturated heterocycles. The summed E-state index contributed by atoms with van der Waals surface area (Å²) >= 11 is 0. The van der Waals surface area contributed by atoms with Gasteiger partial charge in [0.1, 0.15) is 0 Å². The second-order valence-corrected chi connectivity index (χ2v) is 8.96. The van der Waals surface area contributed by atoms with Gasteiger partial charge in [-0.15, -0.1) is 0 Å². The van der Waals surface area contributed by atoms with Gasteiger partial charge in [-0.1, -0.05) is 12.2 Å². The summed E-state index contributed by atoms with van der Waals surface area (Å²) < 4.78 is 31.9. The molecule has 2 rings (SSSR count). The number of rotatable bonds is 6. The van der Waals surface area contributed by atoms with E-state index in [2.05, 4.69) is 30.2 Å². The predicted octanol–water partition coefficient (Wildman–Crippen LogP) is 0.619. The molecule has 2 heterocycles. The molecule has 134 valence electrons. The summed E-state index contributed by atoms with van der Waals surface area (Å²) in [6.07, 6.45) is 0.227. The molecule has 0 amide bonds. The van der Waals surface area contributed by atoms with Gasteiger partial charge in [0.05, 0.1) is 18.5 Å². The molecule has 0 aromatic carbocycles. The van der Waals surface area contributed by atoms with Crippen LogP contribution in [0, 0.1) is 0 Å². The molecular weight excluding hydrogens is 314 g/mol. The van der Waals surface area contributed by atoms with E-state index < -0.39 is 10.0 Å². The van der Waals surface area contributed by atoms with Gasteiger partial charge in [0, 0.05) is 51.9 Å². The highest BCUT2D eigenvalue weighted by molar-refractivity contribution is 7.89. The van der Waals surface area contributed by atoms with Gasteiger partial charge in [0.2, 0.25) is 10.0 Å². The Labute approximate surface area is 141 Å². The lowest BCUT2D eigenvalue weighted by Gasteiger charge is -2.40. The zero-order valence-corrected chi connectivity index (χ0v) is 15.5. The van der Waals surface area contributed by atoms with Crippen LogP contribution in [0.25, 0.3) is 0 Å². The van der Waals surface area contributed by atoms with Gasteiger partial charge < -0.3 is 4.74 Å². The number of nitrogens with zero attached hydrogens (tertiary/aromatic N) is 3. The van der Waals surface area contributed by atoms with Crippen LogP contribution in [0.1, 0.15) is 20.8 Å². The fraction of sp³-hybridized carbons (Fsp3) is 0.875. The maximum Gasteiger partial charge on any atom is 0.218 e. The third-order valence-electron chi connectivity index (χ3n) is 4.52. The third-order valence-corrected chi connectivity index (χ3v) is 6.53. The minimum absolute atomic E-state index is 0.0576. The van der Waals surface area contributed by atoms with E-state index >= 15 is 0 Å². The predicted molar refractivity (Wildman–Crippen MR) is 93.1 cm³/mol. The number of morpholine rings is 1. The van der Waals surface area contributed by atoms with E-state index in [0.29, 0.717) is 24.7 Å². The number of ether oxygens (including phenoxy) is 1. The van der Waals surface area contributed by atoms with Crippen molar-refractivity contribution >= 4 is 10.0 Å². The van der Waals surface area contributed by atoms with Crippen molar-refractivity contribution in [1.82, 2.24) is 14.1 Å². The molecule has 0 N–H and O–H groups in total. The molecule has 0 aromatic heterocycles. The van der Waals surface area contributed by atoms with Gasteiger partial charge in [-0.05, 0) is 20.8 Å². The lowest BCUT2D eigenvalue weighted by atomic mass is 10.2. The monoisotopic (exact) mass is 345 g/mol. The van der Waals surface area contributed by atoms with Crippen molar-refractivity contribution in [3.63, 3.8) is 0 Å². The van der Waals surface area contributed by atoms with E-state index in [0.717, 1.165) is 39.3 Å². The maximum absolute atomic E-state index is 12.2. The molecule has 1 atom stereocenters. The first kappa shape index (κ1) is 18.9. The second kappa shape index (κ2) is 8.07. The van der Waals surface area contributed by atoms with Crippen LogP contribution >= 0.6 is 0 Å². The van der Waals surface area contributed by atoms with Gasteiger partial charge in [0.25, 0.3) is 0 Å². The summed E-state index contributed by atoms with van der Waals surface area (Å²) in [4.78, 5) is 4.77. The molecule has 0 radical (unpaired) electrons. The Kier molecular flexibility index (Phi) is 6.62. The summed E-state index contributed by atoms with van der Waals surface area (Å²) in [6.45, 7) is 16.2. The van der Waals surface area contributed by atoms with Gasteiger partial charge in [-0.2, -0.15) is 4.31 Å². The number of piperazine rings is 1. The summed E-state index contributed by atoms with van der Waals surface area (Å²) in [5.41, 5.74) is 0.691. The van der Waals surface area contributed by atoms with Crippen LogP contribution in [0.4, 0.5) is 0 Å². The molecule has 0 bridgehead atoms. The molecule has 6 nitrogen and oxygen atoms in total. The number of sulfonamides is 1. The summed E-state index contributed by atoms with van der Waals surface area (Å²) in [5, 5.41) is 0. The Morgan fingerprint density at radius 3 is 2.43 bits per heavy atom. The minimum Gasteiger partial charge on any atom is -0.374 e. The first-order valence-corrected chi connectivity index (χ1v) is 10.1. The molecule has 0 spiro atoms. The molecule has 2 aliphatic rings. The van der Waals surface area contributed by atoms with Crippen molar-refractivity contribution in [1.29, 1.82) is 0 Å². The fourth-order valence-corrected chi connectivity index (χ4v) is 4.73. The van der Waals surface area contributed by atoms with Crippen molar-refractivity contribution in [2.75, 3.05) is 58.2 Å². The Balaban J connectivity index is 1.80. The molecule has 2 aliphatic heterocycles. The zero-order chi connectivity index (χ0) is 17.0. The molecule has 0 aliphatic carbocycles. The molecular formula is C16H31N3O3S. The SMILES string of the molecule is C=C(C)CS(=O)(=O)N1CCN(CC2CN(C(C)C)CCO2)CC1. The molecule has 1 unspecified atom stereocenters. The Hall–Kier alpha value is -0.470. The lowest BCUT2D eigenvalue weighted by Crippen LogP contribution is -2.54. The summed E-state index contributed by atoms with van der Waals surface area (Å²) in [7, 11) is -3.19. The standard InChI is InChI=1S/C16H31N3O3S/c1-14(2)13-23(20,21)19-7-5-17(6-8-19)11-16-12-18(15(3)4)9-10-22-16/h15-16H,1,5-13H2,2-4H3. The number of hydrogen-bond donors (Lipinski definition) is 0. The smallest absolute Gasteiger partial charge is 0.218 e. The molecule has 23 heavy (non-hydrogen) atoms. The lowest BCUT2D eigenvalue weighted by molar-refractivity contribution is -0.0545. The van der Waals surface area contributed by atoms with Gasteiger partial charge >= 0.3 is 0 Å². The quantitative estimate of drug-likeness (QED) is 0.661. The highest BCUT2D eigenvalue weighted by Crippen LogP contribution is 2.14. The van der Waals surface area contributed by atoms with Crippen LogP contribution in [-0.2, 0) is 14.8 Å². The summed E-state index contributed by atoms with van der Waals surface area (Å²) in [5.74, 6) is 0.0576. The van der Waals surface area contributed by atoms with Crippen LogP contribution in [0.2, 0.25) is 0 Å². The van der Waals surface area contributed by atoms with Crippen molar-refractivity contribution in [2.45, 2.75) is 32.9 Å². The van der Waals surface area contributed by atoms with E-state index in [-0.39, 0.29) is 11.9 Å². The van der Waals surface area contributed by atoms with E-state index in [4.69, 9.17) is 4.74 Å². The van der Waals surface area contributed by atoms with Crippen LogP contribution < -0.4 is 0 Å². The summed E-state index contributed by atoms with van der Waals surface area (Å²) in [6, 6.07) is 0.547. The van der Waals surface area contributed by atoms with Crippen LogP contribution in [-0.4, -0.2) is 92.8 Å². The van der Waals surface area contributed by atoms with Crippen LogP contribution in [0.3, 0.4) is 0 Å². The Bertz CT molecular complexity index is 499. The van der Waals surface area contributed by atoms with Crippen molar-refractivity contribution < 1.29 is 13.2 Å².